The predicted molar refractivity (Wildman–Crippen MR) is 57.6 cm³/mol. The molecule has 0 unspecified atom stereocenters. The Morgan fingerprint density at radius 1 is 1.36 bits per heavy atom. The molecule has 1 aromatic carbocycles. The Balaban J connectivity index is 2.23. The summed E-state index contributed by atoms with van der Waals surface area (Å²) in [5.74, 6) is 0. The average Bonchev–Trinajstić information content (AvgIpc) is 2.19. The fourth-order valence-electron chi connectivity index (χ4n) is 1.71. The second-order valence-electron chi connectivity index (χ2n) is 3.76. The third-order valence-electron chi connectivity index (χ3n) is 2.62. The van der Waals surface area contributed by atoms with Crippen LogP contribution in [0.15, 0.2) is 24.3 Å². The highest BCUT2D eigenvalue weighted by atomic mass is 35.5. The van der Waals surface area contributed by atoms with Crippen LogP contribution in [0.25, 0.3) is 0 Å². The van der Waals surface area contributed by atoms with E-state index in [0.29, 0.717) is 0 Å². The Hall–Kier alpha value is -0.570. The fraction of sp³-hybridized carbons (Fsp3) is 0.455. The Morgan fingerprint density at radius 3 is 2.64 bits per heavy atom. The van der Waals surface area contributed by atoms with E-state index in [1.165, 1.54) is 5.56 Å². The van der Waals surface area contributed by atoms with E-state index in [1.807, 2.05) is 24.3 Å². The van der Waals surface area contributed by atoms with E-state index in [-0.39, 0.29) is 5.60 Å². The van der Waals surface area contributed by atoms with Crippen LogP contribution >= 0.6 is 11.6 Å². The van der Waals surface area contributed by atoms with Crippen molar-refractivity contribution in [1.82, 2.24) is 5.32 Å². The van der Waals surface area contributed by atoms with Gasteiger partial charge in [-0.05, 0) is 24.6 Å². The van der Waals surface area contributed by atoms with Crippen LogP contribution in [-0.2, 0) is 10.3 Å². The summed E-state index contributed by atoms with van der Waals surface area (Å²) in [6.07, 6.45) is 0. The second kappa shape index (κ2) is 3.89. The van der Waals surface area contributed by atoms with Crippen molar-refractivity contribution < 1.29 is 4.74 Å². The van der Waals surface area contributed by atoms with Crippen molar-refractivity contribution in [3.63, 3.8) is 0 Å². The lowest BCUT2D eigenvalue weighted by Crippen LogP contribution is -2.45. The molecule has 1 heterocycles. The molecule has 2 nitrogen and oxygen atoms in total. The molecule has 0 amide bonds. The zero-order chi connectivity index (χ0) is 10.0. The zero-order valence-electron chi connectivity index (χ0n) is 8.22. The lowest BCUT2D eigenvalue weighted by molar-refractivity contribution is -0.0572. The number of halogens is 1. The SMILES string of the molecule is C[C@@]1(c2ccc(Cl)cc2)CNCCO1. The number of benzene rings is 1. The van der Waals surface area contributed by atoms with Crippen LogP contribution in [0.4, 0.5) is 0 Å². The highest BCUT2D eigenvalue weighted by Gasteiger charge is 2.29. The molecule has 1 fully saturated rings. The van der Waals surface area contributed by atoms with Crippen molar-refractivity contribution in [2.45, 2.75) is 12.5 Å². The molecule has 0 bridgehead atoms. The Morgan fingerprint density at radius 2 is 2.07 bits per heavy atom. The zero-order valence-corrected chi connectivity index (χ0v) is 8.97. The monoisotopic (exact) mass is 211 g/mol. The van der Waals surface area contributed by atoms with Crippen LogP contribution in [-0.4, -0.2) is 19.7 Å². The molecule has 1 atom stereocenters. The van der Waals surface area contributed by atoms with Crippen molar-refractivity contribution in [2.75, 3.05) is 19.7 Å². The summed E-state index contributed by atoms with van der Waals surface area (Å²) in [6, 6.07) is 7.85. The van der Waals surface area contributed by atoms with Crippen LogP contribution in [0.5, 0.6) is 0 Å². The molecular weight excluding hydrogens is 198 g/mol. The molecule has 0 aliphatic carbocycles. The number of hydrogen-bond acceptors (Lipinski definition) is 2. The Bertz CT molecular complexity index is 304. The van der Waals surface area contributed by atoms with E-state index in [1.54, 1.807) is 0 Å². The summed E-state index contributed by atoms with van der Waals surface area (Å²) in [5.41, 5.74) is 0.970. The maximum absolute atomic E-state index is 5.84. The number of nitrogens with one attached hydrogen (secondary N) is 1. The van der Waals surface area contributed by atoms with E-state index in [2.05, 4.69) is 12.2 Å². The summed E-state index contributed by atoms with van der Waals surface area (Å²) in [7, 11) is 0. The summed E-state index contributed by atoms with van der Waals surface area (Å²) in [6.45, 7) is 4.65. The highest BCUT2D eigenvalue weighted by molar-refractivity contribution is 6.30. The van der Waals surface area contributed by atoms with Crippen LogP contribution in [0.3, 0.4) is 0 Å². The van der Waals surface area contributed by atoms with Gasteiger partial charge in [-0.2, -0.15) is 0 Å². The van der Waals surface area contributed by atoms with Gasteiger partial charge in [-0.25, -0.2) is 0 Å². The third kappa shape index (κ3) is 1.92. The van der Waals surface area contributed by atoms with Crippen molar-refractivity contribution in [1.29, 1.82) is 0 Å². The fourth-order valence-corrected chi connectivity index (χ4v) is 1.84. The Labute approximate surface area is 89.2 Å². The second-order valence-corrected chi connectivity index (χ2v) is 4.20. The van der Waals surface area contributed by atoms with Crippen molar-refractivity contribution >= 4 is 11.6 Å². The van der Waals surface area contributed by atoms with Gasteiger partial charge in [0.15, 0.2) is 0 Å². The molecule has 1 N–H and O–H groups in total. The van der Waals surface area contributed by atoms with Crippen molar-refractivity contribution in [2.24, 2.45) is 0 Å². The van der Waals surface area contributed by atoms with E-state index < -0.39 is 0 Å². The first-order chi connectivity index (χ1) is 6.71. The average molecular weight is 212 g/mol. The third-order valence-corrected chi connectivity index (χ3v) is 2.87. The van der Waals surface area contributed by atoms with Gasteiger partial charge in [0.05, 0.1) is 6.61 Å². The number of morpholine rings is 1. The minimum Gasteiger partial charge on any atom is -0.368 e. The van der Waals surface area contributed by atoms with E-state index in [0.717, 1.165) is 24.7 Å². The summed E-state index contributed by atoms with van der Waals surface area (Å²) in [5, 5.41) is 4.10. The number of hydrogen-bond donors (Lipinski definition) is 1. The molecule has 2 rings (SSSR count). The van der Waals surface area contributed by atoms with Crippen LogP contribution in [0.1, 0.15) is 12.5 Å². The maximum atomic E-state index is 5.84. The molecule has 1 aliphatic rings. The smallest absolute Gasteiger partial charge is 0.103 e. The summed E-state index contributed by atoms with van der Waals surface area (Å²) >= 11 is 5.84. The molecule has 1 aliphatic heterocycles. The first kappa shape index (κ1) is 9.97. The predicted octanol–water partition coefficient (Wildman–Crippen LogP) is 2.17. The quantitative estimate of drug-likeness (QED) is 0.769. The summed E-state index contributed by atoms with van der Waals surface area (Å²) < 4.78 is 5.79. The molecule has 1 aromatic rings. The van der Waals surface area contributed by atoms with Crippen molar-refractivity contribution in [3.8, 4) is 0 Å². The van der Waals surface area contributed by atoms with Gasteiger partial charge in [-0.15, -0.1) is 0 Å². The molecule has 0 radical (unpaired) electrons. The Kier molecular flexibility index (Phi) is 2.77. The van der Waals surface area contributed by atoms with Gasteiger partial charge in [0.1, 0.15) is 5.60 Å². The number of rotatable bonds is 1. The minimum absolute atomic E-state index is 0.206. The first-order valence-electron chi connectivity index (χ1n) is 4.81. The molecule has 1 saturated heterocycles. The summed E-state index contributed by atoms with van der Waals surface area (Å²) in [4.78, 5) is 0. The first-order valence-corrected chi connectivity index (χ1v) is 5.19. The number of ether oxygens (including phenoxy) is 1. The molecule has 14 heavy (non-hydrogen) atoms. The minimum atomic E-state index is -0.206. The van der Waals surface area contributed by atoms with E-state index in [9.17, 15) is 0 Å². The van der Waals surface area contributed by atoms with Crippen LogP contribution in [0, 0.1) is 0 Å². The van der Waals surface area contributed by atoms with E-state index >= 15 is 0 Å². The largest absolute Gasteiger partial charge is 0.368 e. The van der Waals surface area contributed by atoms with Crippen LogP contribution < -0.4 is 5.32 Å². The van der Waals surface area contributed by atoms with Gasteiger partial charge >= 0.3 is 0 Å². The lowest BCUT2D eigenvalue weighted by Gasteiger charge is -2.34. The van der Waals surface area contributed by atoms with Gasteiger partial charge in [-0.3, -0.25) is 0 Å². The molecular formula is C11H14ClNO. The van der Waals surface area contributed by atoms with Gasteiger partial charge < -0.3 is 10.1 Å². The molecule has 76 valence electrons. The lowest BCUT2D eigenvalue weighted by atomic mass is 9.95. The molecule has 0 saturated carbocycles. The molecule has 0 spiro atoms. The molecule has 3 heteroatoms. The van der Waals surface area contributed by atoms with Gasteiger partial charge in [0.25, 0.3) is 0 Å². The van der Waals surface area contributed by atoms with E-state index in [4.69, 9.17) is 16.3 Å². The topological polar surface area (TPSA) is 21.3 Å². The standard InChI is InChI=1S/C11H14ClNO/c1-11(8-13-6-7-14-11)9-2-4-10(12)5-3-9/h2-5,13H,6-8H2,1H3/t11-/m0/s1. The van der Waals surface area contributed by atoms with Gasteiger partial charge in [0, 0.05) is 18.1 Å². The highest BCUT2D eigenvalue weighted by Crippen LogP contribution is 2.27. The van der Waals surface area contributed by atoms with Gasteiger partial charge in [-0.1, -0.05) is 23.7 Å². The van der Waals surface area contributed by atoms with Crippen LogP contribution in [0.2, 0.25) is 5.02 Å². The maximum Gasteiger partial charge on any atom is 0.103 e. The van der Waals surface area contributed by atoms with Gasteiger partial charge in [0.2, 0.25) is 0 Å². The van der Waals surface area contributed by atoms with Crippen molar-refractivity contribution in [3.05, 3.63) is 34.9 Å². The molecule has 0 aromatic heterocycles. The normalized spacial score (nSPS) is 27.6.